The Morgan fingerprint density at radius 3 is 2.27 bits per heavy atom. The molecule has 1 aliphatic rings. The van der Waals surface area contributed by atoms with Crippen molar-refractivity contribution in [2.24, 2.45) is 0 Å². The Kier molecular flexibility index (Phi) is 6.23. The Hall–Kier alpha value is -1.11. The molecular formula is C16H26N2O3S. The van der Waals surface area contributed by atoms with E-state index in [1.54, 1.807) is 11.4 Å². The second kappa shape index (κ2) is 7.94. The lowest BCUT2D eigenvalue weighted by molar-refractivity contribution is 0.181. The van der Waals surface area contributed by atoms with Crippen molar-refractivity contribution in [1.82, 2.24) is 9.21 Å². The minimum absolute atomic E-state index is 0.280. The summed E-state index contributed by atoms with van der Waals surface area (Å²) in [6.45, 7) is 5.65. The molecule has 1 aliphatic heterocycles. The molecule has 124 valence electrons. The third-order valence-electron chi connectivity index (χ3n) is 4.05. The minimum atomic E-state index is -3.06. The average Bonchev–Trinajstić information content (AvgIpc) is 2.54. The number of unbranched alkanes of at least 4 members (excludes halogenated alkanes) is 1. The maximum absolute atomic E-state index is 12.2. The third-order valence-corrected chi connectivity index (χ3v) is 6.00. The Balaban J connectivity index is 1.84. The van der Waals surface area contributed by atoms with E-state index in [4.69, 9.17) is 4.74 Å². The van der Waals surface area contributed by atoms with Crippen LogP contribution in [0.25, 0.3) is 0 Å². The Labute approximate surface area is 133 Å². The van der Waals surface area contributed by atoms with Crippen molar-refractivity contribution in [1.29, 1.82) is 0 Å². The van der Waals surface area contributed by atoms with Gasteiger partial charge in [-0.15, -0.1) is 0 Å². The summed E-state index contributed by atoms with van der Waals surface area (Å²) >= 11 is 0. The fraction of sp³-hybridized carbons (Fsp3) is 0.625. The molecule has 2 rings (SSSR count). The van der Waals surface area contributed by atoms with Gasteiger partial charge in [0.15, 0.2) is 0 Å². The second-order valence-electron chi connectivity index (χ2n) is 5.69. The van der Waals surface area contributed by atoms with E-state index in [1.165, 1.54) is 5.56 Å². The minimum Gasteiger partial charge on any atom is -0.497 e. The number of hydrogen-bond acceptors (Lipinski definition) is 4. The highest BCUT2D eigenvalue weighted by atomic mass is 32.2. The van der Waals surface area contributed by atoms with Gasteiger partial charge >= 0.3 is 0 Å². The largest absolute Gasteiger partial charge is 0.497 e. The second-order valence-corrected chi connectivity index (χ2v) is 7.78. The summed E-state index contributed by atoms with van der Waals surface area (Å²) in [5.74, 6) is 1.14. The number of nitrogens with zero attached hydrogens (tertiary/aromatic N) is 2. The molecule has 1 fully saturated rings. The Bertz CT molecular complexity index is 549. The van der Waals surface area contributed by atoms with Crippen LogP contribution in [0.1, 0.15) is 25.3 Å². The van der Waals surface area contributed by atoms with Crippen molar-refractivity contribution in [3.63, 3.8) is 0 Å². The normalized spacial score (nSPS) is 17.5. The van der Waals surface area contributed by atoms with E-state index in [-0.39, 0.29) is 5.75 Å². The van der Waals surface area contributed by atoms with Gasteiger partial charge in [-0.05, 0) is 24.1 Å². The number of sulfonamides is 1. The summed E-state index contributed by atoms with van der Waals surface area (Å²) in [4.78, 5) is 2.30. The zero-order valence-electron chi connectivity index (χ0n) is 13.5. The highest BCUT2D eigenvalue weighted by molar-refractivity contribution is 7.89. The van der Waals surface area contributed by atoms with Gasteiger partial charge in [-0.3, -0.25) is 4.90 Å². The topological polar surface area (TPSA) is 49.9 Å². The summed E-state index contributed by atoms with van der Waals surface area (Å²) in [7, 11) is -1.40. The molecule has 0 aromatic heterocycles. The number of methoxy groups -OCH3 is 1. The van der Waals surface area contributed by atoms with Crippen LogP contribution in [0, 0.1) is 0 Å². The molecule has 1 aromatic rings. The van der Waals surface area contributed by atoms with Gasteiger partial charge in [-0.1, -0.05) is 25.5 Å². The van der Waals surface area contributed by atoms with Crippen molar-refractivity contribution in [3.8, 4) is 5.75 Å². The lowest BCUT2D eigenvalue weighted by atomic mass is 10.2. The molecular weight excluding hydrogens is 300 g/mol. The molecule has 1 saturated heterocycles. The van der Waals surface area contributed by atoms with Gasteiger partial charge in [0.25, 0.3) is 0 Å². The quantitative estimate of drug-likeness (QED) is 0.768. The highest BCUT2D eigenvalue weighted by Gasteiger charge is 2.26. The molecule has 0 bridgehead atoms. The summed E-state index contributed by atoms with van der Waals surface area (Å²) < 4.78 is 31.1. The number of ether oxygens (including phenoxy) is 1. The van der Waals surface area contributed by atoms with Crippen molar-refractivity contribution < 1.29 is 13.2 Å². The fourth-order valence-electron chi connectivity index (χ4n) is 2.61. The average molecular weight is 326 g/mol. The lowest BCUT2D eigenvalue weighted by Crippen LogP contribution is -2.48. The van der Waals surface area contributed by atoms with E-state index in [9.17, 15) is 8.42 Å². The molecule has 0 radical (unpaired) electrons. The van der Waals surface area contributed by atoms with Crippen LogP contribution in [0.5, 0.6) is 5.75 Å². The summed E-state index contributed by atoms with van der Waals surface area (Å²) in [5.41, 5.74) is 1.23. The van der Waals surface area contributed by atoms with Gasteiger partial charge in [0.05, 0.1) is 12.9 Å². The van der Waals surface area contributed by atoms with E-state index >= 15 is 0 Å². The predicted octanol–water partition coefficient (Wildman–Crippen LogP) is 1.94. The van der Waals surface area contributed by atoms with Crippen LogP contribution in [0.3, 0.4) is 0 Å². The lowest BCUT2D eigenvalue weighted by Gasteiger charge is -2.34. The zero-order chi connectivity index (χ0) is 16.0. The molecule has 1 heterocycles. The van der Waals surface area contributed by atoms with E-state index in [0.29, 0.717) is 13.1 Å². The Morgan fingerprint density at radius 2 is 1.73 bits per heavy atom. The van der Waals surface area contributed by atoms with E-state index < -0.39 is 10.0 Å². The summed E-state index contributed by atoms with van der Waals surface area (Å²) in [5, 5.41) is 0. The molecule has 0 amide bonds. The molecule has 0 saturated carbocycles. The van der Waals surface area contributed by atoms with Crippen LogP contribution in [0.4, 0.5) is 0 Å². The summed E-state index contributed by atoms with van der Waals surface area (Å²) in [6, 6.07) is 8.04. The van der Waals surface area contributed by atoms with Crippen molar-refractivity contribution >= 4 is 10.0 Å². The number of hydrogen-bond donors (Lipinski definition) is 0. The Morgan fingerprint density at radius 1 is 1.09 bits per heavy atom. The van der Waals surface area contributed by atoms with Crippen LogP contribution < -0.4 is 4.74 Å². The van der Waals surface area contributed by atoms with Crippen molar-refractivity contribution in [2.45, 2.75) is 26.3 Å². The first-order valence-corrected chi connectivity index (χ1v) is 9.49. The number of benzene rings is 1. The molecule has 0 spiro atoms. The first kappa shape index (κ1) is 17.2. The van der Waals surface area contributed by atoms with Crippen LogP contribution in [0.15, 0.2) is 24.3 Å². The smallest absolute Gasteiger partial charge is 0.214 e. The fourth-order valence-corrected chi connectivity index (χ4v) is 4.24. The van der Waals surface area contributed by atoms with Gasteiger partial charge in [0.1, 0.15) is 5.75 Å². The molecule has 0 unspecified atom stereocenters. The van der Waals surface area contributed by atoms with Crippen LogP contribution >= 0.6 is 0 Å². The first-order valence-electron chi connectivity index (χ1n) is 7.88. The molecule has 5 nitrogen and oxygen atoms in total. The third kappa shape index (κ3) is 4.69. The molecule has 22 heavy (non-hydrogen) atoms. The van der Waals surface area contributed by atoms with Gasteiger partial charge in [0.2, 0.25) is 10.0 Å². The summed E-state index contributed by atoms with van der Waals surface area (Å²) in [6.07, 6.45) is 1.66. The number of piperazine rings is 1. The van der Waals surface area contributed by atoms with E-state index in [1.807, 2.05) is 19.1 Å². The SMILES string of the molecule is CCCCS(=O)(=O)N1CCN(Cc2ccc(OC)cc2)CC1. The predicted molar refractivity (Wildman–Crippen MR) is 88.5 cm³/mol. The van der Waals surface area contributed by atoms with Gasteiger partial charge < -0.3 is 4.74 Å². The maximum atomic E-state index is 12.2. The molecule has 0 atom stereocenters. The van der Waals surface area contributed by atoms with Crippen LogP contribution in [0.2, 0.25) is 0 Å². The van der Waals surface area contributed by atoms with E-state index in [2.05, 4.69) is 17.0 Å². The molecule has 0 aliphatic carbocycles. The maximum Gasteiger partial charge on any atom is 0.214 e. The van der Waals surface area contributed by atoms with E-state index in [0.717, 1.165) is 38.2 Å². The molecule has 1 aromatic carbocycles. The van der Waals surface area contributed by atoms with Crippen molar-refractivity contribution in [3.05, 3.63) is 29.8 Å². The monoisotopic (exact) mass is 326 g/mol. The molecule has 0 N–H and O–H groups in total. The van der Waals surface area contributed by atoms with Gasteiger partial charge in [-0.25, -0.2) is 8.42 Å². The van der Waals surface area contributed by atoms with Gasteiger partial charge in [0, 0.05) is 32.7 Å². The van der Waals surface area contributed by atoms with Crippen molar-refractivity contribution in [2.75, 3.05) is 39.0 Å². The van der Waals surface area contributed by atoms with Crippen LogP contribution in [-0.4, -0.2) is 56.7 Å². The van der Waals surface area contributed by atoms with Crippen LogP contribution in [-0.2, 0) is 16.6 Å². The molecule has 6 heteroatoms. The number of rotatable bonds is 7. The highest BCUT2D eigenvalue weighted by Crippen LogP contribution is 2.15. The zero-order valence-corrected chi connectivity index (χ0v) is 14.3. The van der Waals surface area contributed by atoms with Gasteiger partial charge in [-0.2, -0.15) is 4.31 Å². The first-order chi connectivity index (χ1) is 10.5. The standard InChI is InChI=1S/C16H26N2O3S/c1-3-4-13-22(19,20)18-11-9-17(10-12-18)14-15-5-7-16(21-2)8-6-15/h5-8H,3-4,9-14H2,1-2H3.